The van der Waals surface area contributed by atoms with E-state index in [1.54, 1.807) is 47.4 Å². The number of H-pyrrole nitrogens is 1. The predicted molar refractivity (Wildman–Crippen MR) is 224 cm³/mol. The number of anilines is 2. The smallest absolute Gasteiger partial charge is 0.399 e. The number of carbonyl (C=O) groups excluding carboxylic acids is 5. The molecule has 0 radical (unpaired) electrons. The van der Waals surface area contributed by atoms with Crippen LogP contribution in [-0.2, 0) is 14.1 Å². The Morgan fingerprint density at radius 1 is 0.810 bits per heavy atom. The van der Waals surface area contributed by atoms with Crippen LogP contribution in [0.4, 0.5) is 21.0 Å². The van der Waals surface area contributed by atoms with Gasteiger partial charge >= 0.3 is 19.2 Å². The summed E-state index contributed by atoms with van der Waals surface area (Å²) in [6.45, 7) is 9.45. The van der Waals surface area contributed by atoms with E-state index in [1.807, 2.05) is 58.0 Å². The Bertz CT molecular complexity index is 2170. The SMILES string of the molecule is C#CC1CN(C(=O)c2ccccc2)CCN1C(=O)C(=O)c1c[nH]c2c(NC(=O)NCCCCCCNC(=O)Nc3ccc(B4OC(C)(C)C(C)(C)O4)cc3)cccc12. The molecule has 14 nitrogen and oxygen atoms in total. The van der Waals surface area contributed by atoms with Gasteiger partial charge in [0, 0.05) is 49.0 Å². The van der Waals surface area contributed by atoms with Gasteiger partial charge in [0.25, 0.3) is 17.6 Å². The molecule has 58 heavy (non-hydrogen) atoms. The molecule has 1 unspecified atom stereocenters. The first-order valence-electron chi connectivity index (χ1n) is 19.6. The predicted octanol–water partition coefficient (Wildman–Crippen LogP) is 5.14. The number of aromatic amines is 1. The maximum Gasteiger partial charge on any atom is 0.494 e. The topological polar surface area (TPSA) is 174 Å². The lowest BCUT2D eigenvalue weighted by atomic mass is 9.79. The monoisotopic (exact) mass is 787 g/mol. The van der Waals surface area contributed by atoms with Gasteiger partial charge in [-0.3, -0.25) is 14.4 Å². The lowest BCUT2D eigenvalue weighted by Gasteiger charge is -2.38. The number of hydrogen-bond donors (Lipinski definition) is 5. The summed E-state index contributed by atoms with van der Waals surface area (Å²) >= 11 is 0. The highest BCUT2D eigenvalue weighted by Crippen LogP contribution is 2.36. The lowest BCUT2D eigenvalue weighted by molar-refractivity contribution is -0.129. The number of amides is 6. The van der Waals surface area contributed by atoms with E-state index >= 15 is 0 Å². The number of aromatic nitrogens is 1. The molecule has 3 aromatic carbocycles. The van der Waals surface area contributed by atoms with Gasteiger partial charge in [0.2, 0.25) is 0 Å². The van der Waals surface area contributed by atoms with Crippen molar-refractivity contribution in [2.75, 3.05) is 43.4 Å². The van der Waals surface area contributed by atoms with Gasteiger partial charge in [-0.1, -0.05) is 61.2 Å². The van der Waals surface area contributed by atoms with Crippen molar-refractivity contribution in [3.8, 4) is 12.3 Å². The van der Waals surface area contributed by atoms with Crippen LogP contribution in [0.2, 0.25) is 0 Å². The molecule has 2 fully saturated rings. The van der Waals surface area contributed by atoms with Crippen molar-refractivity contribution in [3.63, 3.8) is 0 Å². The molecule has 0 aliphatic carbocycles. The third-order valence-corrected chi connectivity index (χ3v) is 10.9. The number of para-hydroxylation sites is 1. The molecule has 4 aromatic rings. The van der Waals surface area contributed by atoms with E-state index < -0.39 is 42.1 Å². The van der Waals surface area contributed by atoms with Crippen LogP contribution in [0.25, 0.3) is 10.9 Å². The van der Waals surface area contributed by atoms with E-state index in [-0.39, 0.29) is 37.1 Å². The van der Waals surface area contributed by atoms with E-state index in [9.17, 15) is 24.0 Å². The normalized spacial score (nSPS) is 17.0. The number of fused-ring (bicyclic) bond motifs is 1. The van der Waals surface area contributed by atoms with Crippen molar-refractivity contribution in [3.05, 3.63) is 90.1 Å². The van der Waals surface area contributed by atoms with Crippen LogP contribution < -0.4 is 26.7 Å². The molecule has 1 atom stereocenters. The highest BCUT2D eigenvalue weighted by atomic mass is 16.7. The number of hydrogen-bond acceptors (Lipinski definition) is 7. The third-order valence-electron chi connectivity index (χ3n) is 10.9. The van der Waals surface area contributed by atoms with Gasteiger partial charge in [0.1, 0.15) is 6.04 Å². The summed E-state index contributed by atoms with van der Waals surface area (Å²) in [6.07, 6.45) is 10.5. The maximum absolute atomic E-state index is 13.5. The maximum atomic E-state index is 13.5. The number of urea groups is 2. The van der Waals surface area contributed by atoms with Crippen LogP contribution in [0.3, 0.4) is 0 Å². The van der Waals surface area contributed by atoms with Gasteiger partial charge in [-0.25, -0.2) is 9.59 Å². The average Bonchev–Trinajstić information content (AvgIpc) is 3.75. The summed E-state index contributed by atoms with van der Waals surface area (Å²) in [5.74, 6) is 0.882. The second kappa shape index (κ2) is 18.0. The Morgan fingerprint density at radius 2 is 1.45 bits per heavy atom. The molecule has 0 spiro atoms. The summed E-state index contributed by atoms with van der Waals surface area (Å²) in [5.41, 5.74) is 2.31. The highest BCUT2D eigenvalue weighted by Gasteiger charge is 2.51. The van der Waals surface area contributed by atoms with Gasteiger partial charge in [-0.15, -0.1) is 6.42 Å². The number of carbonyl (C=O) groups is 5. The number of nitrogens with one attached hydrogen (secondary N) is 5. The van der Waals surface area contributed by atoms with Crippen LogP contribution >= 0.6 is 0 Å². The molecule has 15 heteroatoms. The summed E-state index contributed by atoms with van der Waals surface area (Å²) in [5, 5.41) is 11.9. The van der Waals surface area contributed by atoms with Crippen molar-refractivity contribution >= 4 is 64.5 Å². The molecule has 2 aliphatic heterocycles. The number of ketones is 1. The summed E-state index contributed by atoms with van der Waals surface area (Å²) in [6, 6.07) is 19.9. The minimum atomic E-state index is -0.766. The van der Waals surface area contributed by atoms with Crippen LogP contribution in [0.15, 0.2) is 79.0 Å². The van der Waals surface area contributed by atoms with Gasteiger partial charge < -0.3 is 45.4 Å². The van der Waals surface area contributed by atoms with E-state index in [4.69, 9.17) is 15.7 Å². The Kier molecular flexibility index (Phi) is 12.9. The second-order valence-corrected chi connectivity index (χ2v) is 15.4. The van der Waals surface area contributed by atoms with Crippen molar-refractivity contribution in [1.82, 2.24) is 25.4 Å². The molecule has 6 rings (SSSR count). The number of rotatable bonds is 13. The number of Topliss-reactive ketones (excluding diaryl/α,β-unsaturated/α-hetero) is 1. The van der Waals surface area contributed by atoms with Crippen molar-refractivity contribution < 1.29 is 33.3 Å². The van der Waals surface area contributed by atoms with Gasteiger partial charge in [-0.05, 0) is 76.3 Å². The number of nitrogens with zero attached hydrogens (tertiary/aromatic N) is 2. The first-order chi connectivity index (χ1) is 27.8. The van der Waals surface area contributed by atoms with E-state index in [2.05, 4.69) is 32.2 Å². The fourth-order valence-corrected chi connectivity index (χ4v) is 6.86. The second-order valence-electron chi connectivity index (χ2n) is 15.4. The Morgan fingerprint density at radius 3 is 2.09 bits per heavy atom. The zero-order valence-corrected chi connectivity index (χ0v) is 33.4. The average molecular weight is 788 g/mol. The van der Waals surface area contributed by atoms with E-state index in [0.29, 0.717) is 40.9 Å². The van der Waals surface area contributed by atoms with E-state index in [0.717, 1.165) is 31.1 Å². The van der Waals surface area contributed by atoms with Crippen molar-refractivity contribution in [2.45, 2.75) is 70.6 Å². The van der Waals surface area contributed by atoms with Crippen molar-refractivity contribution in [1.29, 1.82) is 0 Å². The number of piperazine rings is 1. The Balaban J connectivity index is 0.887. The molecule has 1 aromatic heterocycles. The van der Waals surface area contributed by atoms with Gasteiger partial charge in [0.05, 0.1) is 34.5 Å². The fourth-order valence-electron chi connectivity index (χ4n) is 6.86. The highest BCUT2D eigenvalue weighted by molar-refractivity contribution is 6.62. The molecule has 5 N–H and O–H groups in total. The molecular formula is C43H50BN7O7. The van der Waals surface area contributed by atoms with Crippen LogP contribution in [0.1, 0.15) is 74.1 Å². The van der Waals surface area contributed by atoms with Crippen LogP contribution in [0.5, 0.6) is 0 Å². The zero-order valence-electron chi connectivity index (χ0n) is 33.4. The molecule has 0 bridgehead atoms. The van der Waals surface area contributed by atoms with E-state index in [1.165, 1.54) is 11.1 Å². The molecule has 3 heterocycles. The molecule has 2 aliphatic rings. The minimum Gasteiger partial charge on any atom is -0.399 e. The Labute approximate surface area is 338 Å². The summed E-state index contributed by atoms with van der Waals surface area (Å²) < 4.78 is 12.2. The molecule has 6 amide bonds. The fraction of sp³-hybridized carbons (Fsp3) is 0.372. The number of unbranched alkanes of at least 4 members (excludes halogenated alkanes) is 3. The summed E-state index contributed by atoms with van der Waals surface area (Å²) in [7, 11) is -0.465. The Hall–Kier alpha value is -6.11. The first kappa shape index (κ1) is 41.5. The quantitative estimate of drug-likeness (QED) is 0.0410. The minimum absolute atomic E-state index is 0.110. The lowest BCUT2D eigenvalue weighted by Crippen LogP contribution is -2.57. The molecule has 0 saturated carbocycles. The molecule has 302 valence electrons. The zero-order chi connectivity index (χ0) is 41.5. The van der Waals surface area contributed by atoms with Gasteiger partial charge in [0.15, 0.2) is 0 Å². The standard InChI is InChI=1S/C43H50BN7O7/c1-6-32-28-50(38(53)29-15-10-9-11-16-29)25-26-51(32)39(54)37(52)34-27-47-36-33(34)17-14-18-35(36)49-41(56)46-24-13-8-7-12-23-45-40(55)48-31-21-19-30(20-22-31)44-57-42(2,3)43(4,5)58-44/h1,9-11,14-22,27,32,47H,7-8,12-13,23-26,28H2,2-5H3,(H2,45,48,55)(H2,46,49,56). The number of benzene rings is 3. The van der Waals surface area contributed by atoms with Crippen molar-refractivity contribution in [2.24, 2.45) is 0 Å². The molecular weight excluding hydrogens is 737 g/mol. The largest absolute Gasteiger partial charge is 0.494 e. The third kappa shape index (κ3) is 9.53. The first-order valence-corrected chi connectivity index (χ1v) is 19.6. The summed E-state index contributed by atoms with van der Waals surface area (Å²) in [4.78, 5) is 71.1. The van der Waals surface area contributed by atoms with Crippen LogP contribution in [-0.4, -0.2) is 102 Å². The number of terminal acetylenes is 1. The van der Waals surface area contributed by atoms with Crippen LogP contribution in [0, 0.1) is 12.3 Å². The molecule has 2 saturated heterocycles. The van der Waals surface area contributed by atoms with Gasteiger partial charge in [-0.2, -0.15) is 0 Å².